The highest BCUT2D eigenvalue weighted by Gasteiger charge is 2.18. The summed E-state index contributed by atoms with van der Waals surface area (Å²) in [5, 5.41) is 28.1. The van der Waals surface area contributed by atoms with Crippen LogP contribution in [0.15, 0.2) is 37.3 Å². The number of aromatic nitrogens is 2. The quantitative estimate of drug-likeness (QED) is 0.379. The Morgan fingerprint density at radius 2 is 2.26 bits per heavy atom. The van der Waals surface area contributed by atoms with Crippen molar-refractivity contribution >= 4 is 45.2 Å². The van der Waals surface area contributed by atoms with Crippen LogP contribution >= 0.6 is 27.7 Å². The molecule has 0 unspecified atom stereocenters. The Hall–Kier alpha value is -1.98. The van der Waals surface area contributed by atoms with Gasteiger partial charge in [0.25, 0.3) is 0 Å². The van der Waals surface area contributed by atoms with E-state index in [9.17, 15) is 9.18 Å². The van der Waals surface area contributed by atoms with Gasteiger partial charge in [0.2, 0.25) is 0 Å². The fraction of sp³-hybridized carbons (Fsp3) is 0.167. The number of benzene rings is 1. The fourth-order valence-electron chi connectivity index (χ4n) is 1.50. The number of carbonyl (C=O) groups is 1. The second-order valence-electron chi connectivity index (χ2n) is 4.00. The predicted molar refractivity (Wildman–Crippen MR) is 84.0 cm³/mol. The van der Waals surface area contributed by atoms with Gasteiger partial charge < -0.3 is 15.5 Å². The Bertz CT molecular complexity index is 740. The van der Waals surface area contributed by atoms with Crippen molar-refractivity contribution in [3.05, 3.63) is 34.2 Å². The fourth-order valence-corrected chi connectivity index (χ4v) is 2.50. The van der Waals surface area contributed by atoms with Crippen LogP contribution in [0.5, 0.6) is 0 Å². The smallest absolute Gasteiger partial charge is 0.313 e. The molecule has 1 heterocycles. The van der Waals surface area contributed by atoms with Gasteiger partial charge >= 0.3 is 5.97 Å². The monoisotopic (exact) mass is 404 g/mol. The Labute approximate surface area is 141 Å². The lowest BCUT2D eigenvalue weighted by Gasteiger charge is -2.08. The Kier molecular flexibility index (Phi) is 6.07. The van der Waals surface area contributed by atoms with Crippen molar-refractivity contribution in [2.75, 3.05) is 17.8 Å². The van der Waals surface area contributed by atoms with Crippen LogP contribution in [0.2, 0.25) is 0 Å². The molecule has 0 radical (unpaired) electrons. The molecular formula is C12H10BrFN4O4S. The standard InChI is InChI=1S/C12H10BrFN4O4S/c13-7-3-6(1-2-8(7)14)16-11(15-5-19)10-12(18-22-17-10)23-4-9(20)21/h1-3,19H,4-5H2,(H,15,16)(H,20,21). The van der Waals surface area contributed by atoms with Gasteiger partial charge in [-0.05, 0) is 44.4 Å². The minimum Gasteiger partial charge on any atom is -0.481 e. The molecule has 23 heavy (non-hydrogen) atoms. The minimum absolute atomic E-state index is 0.111. The van der Waals surface area contributed by atoms with E-state index in [2.05, 4.69) is 41.2 Å². The second kappa shape index (κ2) is 8.04. The topological polar surface area (TPSA) is 121 Å². The summed E-state index contributed by atoms with van der Waals surface area (Å²) in [6.07, 6.45) is 0. The maximum atomic E-state index is 13.3. The number of nitrogens with zero attached hydrogens (tertiary/aromatic N) is 3. The number of amidine groups is 1. The number of hydrogen-bond donors (Lipinski definition) is 3. The number of hydrogen-bond acceptors (Lipinski definition) is 7. The average Bonchev–Trinajstić information content (AvgIpc) is 2.97. The molecule has 8 nitrogen and oxygen atoms in total. The maximum Gasteiger partial charge on any atom is 0.313 e. The first-order chi connectivity index (χ1) is 11.0. The van der Waals surface area contributed by atoms with E-state index in [1.54, 1.807) is 0 Å². The van der Waals surface area contributed by atoms with Crippen LogP contribution in [-0.4, -0.2) is 44.8 Å². The molecule has 0 fully saturated rings. The van der Waals surface area contributed by atoms with Crippen LogP contribution in [0, 0.1) is 5.82 Å². The van der Waals surface area contributed by atoms with Crippen molar-refractivity contribution in [2.24, 2.45) is 4.99 Å². The molecule has 0 saturated heterocycles. The highest BCUT2D eigenvalue weighted by atomic mass is 79.9. The molecule has 0 aliphatic heterocycles. The van der Waals surface area contributed by atoms with Crippen LogP contribution in [0.1, 0.15) is 5.69 Å². The first-order valence-corrected chi connectivity index (χ1v) is 7.84. The van der Waals surface area contributed by atoms with Gasteiger partial charge in [0.05, 0.1) is 10.2 Å². The van der Waals surface area contributed by atoms with Crippen LogP contribution in [0.3, 0.4) is 0 Å². The molecule has 1 aromatic heterocycles. The minimum atomic E-state index is -1.03. The lowest BCUT2D eigenvalue weighted by molar-refractivity contribution is -0.133. The number of thioether (sulfide) groups is 1. The van der Waals surface area contributed by atoms with Crippen molar-refractivity contribution in [1.82, 2.24) is 10.3 Å². The van der Waals surface area contributed by atoms with Crippen LogP contribution in [0.25, 0.3) is 0 Å². The van der Waals surface area contributed by atoms with E-state index in [1.165, 1.54) is 18.2 Å². The Balaban J connectivity index is 2.25. The van der Waals surface area contributed by atoms with Crippen molar-refractivity contribution in [1.29, 1.82) is 0 Å². The highest BCUT2D eigenvalue weighted by Crippen LogP contribution is 2.23. The molecule has 3 N–H and O–H groups in total. The van der Waals surface area contributed by atoms with Crippen molar-refractivity contribution in [3.8, 4) is 0 Å². The number of carboxylic acids is 1. The normalized spacial score (nSPS) is 11.5. The van der Waals surface area contributed by atoms with E-state index >= 15 is 0 Å². The summed E-state index contributed by atoms with van der Waals surface area (Å²) in [4.78, 5) is 14.5. The first kappa shape index (κ1) is 17.4. The van der Waals surface area contributed by atoms with Crippen LogP contribution < -0.4 is 5.32 Å². The Morgan fingerprint density at radius 3 is 2.91 bits per heavy atom. The van der Waals surface area contributed by atoms with Gasteiger partial charge in [0.15, 0.2) is 16.6 Å². The molecule has 0 aliphatic carbocycles. The largest absolute Gasteiger partial charge is 0.481 e. The predicted octanol–water partition coefficient (Wildman–Crippen LogP) is 1.96. The zero-order valence-electron chi connectivity index (χ0n) is 11.4. The third-order valence-electron chi connectivity index (χ3n) is 2.43. The number of carboxylic acid groups (broad SMARTS) is 1. The Morgan fingerprint density at radius 1 is 1.48 bits per heavy atom. The number of rotatable bonds is 6. The van der Waals surface area contributed by atoms with E-state index in [-0.39, 0.29) is 26.8 Å². The van der Waals surface area contributed by atoms with Crippen molar-refractivity contribution in [3.63, 3.8) is 0 Å². The maximum absolute atomic E-state index is 13.3. The molecule has 2 rings (SSSR count). The van der Waals surface area contributed by atoms with E-state index in [0.29, 0.717) is 5.69 Å². The highest BCUT2D eigenvalue weighted by molar-refractivity contribution is 9.10. The second-order valence-corrected chi connectivity index (χ2v) is 5.82. The number of nitrogens with one attached hydrogen (secondary N) is 1. The first-order valence-electron chi connectivity index (χ1n) is 6.06. The summed E-state index contributed by atoms with van der Waals surface area (Å²) >= 11 is 3.95. The SMILES string of the molecule is O=C(O)CSc1nonc1C(=NCO)Nc1ccc(F)c(Br)c1. The lowest BCUT2D eigenvalue weighted by atomic mass is 10.3. The van der Waals surface area contributed by atoms with E-state index in [1.807, 2.05) is 0 Å². The number of aliphatic carboxylic acids is 1. The summed E-state index contributed by atoms with van der Waals surface area (Å²) < 4.78 is 18.1. The molecule has 0 spiro atoms. The number of aliphatic imine (C=N–C) groups is 1. The van der Waals surface area contributed by atoms with Gasteiger partial charge in [-0.1, -0.05) is 11.8 Å². The van der Waals surface area contributed by atoms with E-state index in [0.717, 1.165) is 11.8 Å². The van der Waals surface area contributed by atoms with Gasteiger partial charge in [-0.3, -0.25) is 4.79 Å². The third-order valence-corrected chi connectivity index (χ3v) is 3.97. The van der Waals surface area contributed by atoms with Crippen LogP contribution in [-0.2, 0) is 4.79 Å². The number of anilines is 1. The zero-order valence-corrected chi connectivity index (χ0v) is 13.8. The molecule has 0 aliphatic rings. The molecule has 2 aromatic rings. The van der Waals surface area contributed by atoms with Gasteiger partial charge in [-0.15, -0.1) is 0 Å². The summed E-state index contributed by atoms with van der Waals surface area (Å²) in [6, 6.07) is 4.18. The summed E-state index contributed by atoms with van der Waals surface area (Å²) in [7, 11) is 0. The van der Waals surface area contributed by atoms with Gasteiger partial charge in [-0.2, -0.15) is 0 Å². The van der Waals surface area contributed by atoms with Gasteiger partial charge in [-0.25, -0.2) is 14.0 Å². The van der Waals surface area contributed by atoms with Crippen LogP contribution in [0.4, 0.5) is 10.1 Å². The molecular weight excluding hydrogens is 395 g/mol. The summed E-state index contributed by atoms with van der Waals surface area (Å²) in [5.74, 6) is -1.59. The van der Waals surface area contributed by atoms with E-state index in [4.69, 9.17) is 10.2 Å². The zero-order chi connectivity index (χ0) is 16.8. The van der Waals surface area contributed by atoms with E-state index < -0.39 is 18.5 Å². The number of aliphatic hydroxyl groups is 1. The molecule has 1 aromatic carbocycles. The molecule has 0 atom stereocenters. The summed E-state index contributed by atoms with van der Waals surface area (Å²) in [6.45, 7) is -0.541. The van der Waals surface area contributed by atoms with Crippen molar-refractivity contribution in [2.45, 2.75) is 5.03 Å². The average molecular weight is 405 g/mol. The molecule has 0 bridgehead atoms. The van der Waals surface area contributed by atoms with Gasteiger partial charge in [0.1, 0.15) is 12.5 Å². The number of aliphatic hydroxyl groups excluding tert-OH is 1. The molecule has 0 amide bonds. The van der Waals surface area contributed by atoms with Crippen molar-refractivity contribution < 1.29 is 24.0 Å². The van der Waals surface area contributed by atoms with Gasteiger partial charge in [0, 0.05) is 5.69 Å². The lowest BCUT2D eigenvalue weighted by Crippen LogP contribution is -2.16. The summed E-state index contributed by atoms with van der Waals surface area (Å²) in [5.41, 5.74) is 0.619. The third kappa shape index (κ3) is 4.74. The molecule has 0 saturated carbocycles. The molecule has 11 heteroatoms. The number of halogens is 2. The molecule has 122 valence electrons.